The molecule has 62 valence electrons. The van der Waals surface area contributed by atoms with Gasteiger partial charge in [0.2, 0.25) is 0 Å². The maximum Gasteiger partial charge on any atom is 0.316 e. The van der Waals surface area contributed by atoms with Gasteiger partial charge in [-0.15, -0.1) is 0 Å². The molecule has 1 fully saturated rings. The first-order chi connectivity index (χ1) is 5.25. The standard InChI is InChI=1S/C5H8FN3O2/c6-3-4(9(10)11)5-7-1-2-8-5/h7-8H,1-3H2. The first-order valence-electron chi connectivity index (χ1n) is 3.17. The lowest BCUT2D eigenvalue weighted by Gasteiger charge is -1.98. The van der Waals surface area contributed by atoms with Gasteiger partial charge in [-0.2, -0.15) is 0 Å². The summed E-state index contributed by atoms with van der Waals surface area (Å²) in [7, 11) is 0. The van der Waals surface area contributed by atoms with Crippen LogP contribution in [0.25, 0.3) is 0 Å². The molecule has 6 heteroatoms. The van der Waals surface area contributed by atoms with Gasteiger partial charge < -0.3 is 10.6 Å². The molecule has 1 heterocycles. The lowest BCUT2D eigenvalue weighted by Crippen LogP contribution is -2.18. The Morgan fingerprint density at radius 3 is 2.55 bits per heavy atom. The fourth-order valence-electron chi connectivity index (χ4n) is 0.848. The maximum absolute atomic E-state index is 12.0. The Morgan fingerprint density at radius 2 is 2.18 bits per heavy atom. The molecule has 1 saturated heterocycles. The van der Waals surface area contributed by atoms with Gasteiger partial charge in [0, 0.05) is 13.1 Å². The van der Waals surface area contributed by atoms with E-state index in [1.165, 1.54) is 0 Å². The highest BCUT2D eigenvalue weighted by Crippen LogP contribution is 2.02. The molecule has 0 aliphatic carbocycles. The van der Waals surface area contributed by atoms with Crippen LogP contribution in [0.15, 0.2) is 11.5 Å². The van der Waals surface area contributed by atoms with Crippen LogP contribution in [0.1, 0.15) is 0 Å². The third-order valence-corrected chi connectivity index (χ3v) is 1.36. The Kier molecular flexibility index (Phi) is 2.25. The highest BCUT2D eigenvalue weighted by Gasteiger charge is 2.20. The molecule has 2 N–H and O–H groups in total. The summed E-state index contributed by atoms with van der Waals surface area (Å²) >= 11 is 0. The van der Waals surface area contributed by atoms with Crippen LogP contribution < -0.4 is 10.6 Å². The number of nitrogens with zero attached hydrogens (tertiary/aromatic N) is 1. The summed E-state index contributed by atoms with van der Waals surface area (Å²) in [6, 6.07) is 0. The SMILES string of the molecule is O=[N+]([O-])C(CF)=C1NCCN1. The molecular weight excluding hydrogens is 153 g/mol. The van der Waals surface area contributed by atoms with Crippen LogP contribution in [0.3, 0.4) is 0 Å². The molecular formula is C5H8FN3O2. The first-order valence-corrected chi connectivity index (χ1v) is 3.17. The van der Waals surface area contributed by atoms with Crippen molar-refractivity contribution in [1.29, 1.82) is 0 Å². The van der Waals surface area contributed by atoms with Gasteiger partial charge in [-0.3, -0.25) is 10.1 Å². The predicted molar refractivity (Wildman–Crippen MR) is 36.0 cm³/mol. The number of hydrogen-bond donors (Lipinski definition) is 2. The van der Waals surface area contributed by atoms with Crippen LogP contribution in [0.5, 0.6) is 0 Å². The van der Waals surface area contributed by atoms with Gasteiger partial charge >= 0.3 is 5.70 Å². The van der Waals surface area contributed by atoms with Crippen LogP contribution in [-0.4, -0.2) is 24.7 Å². The highest BCUT2D eigenvalue weighted by atomic mass is 19.1. The van der Waals surface area contributed by atoms with Crippen LogP contribution in [0.4, 0.5) is 4.39 Å². The molecule has 0 aromatic rings. The minimum Gasteiger partial charge on any atom is -0.365 e. The summed E-state index contributed by atoms with van der Waals surface area (Å²) in [5.74, 6) is 0.206. The van der Waals surface area contributed by atoms with E-state index in [-0.39, 0.29) is 5.82 Å². The van der Waals surface area contributed by atoms with Gasteiger partial charge in [-0.1, -0.05) is 0 Å². The number of hydrogen-bond acceptors (Lipinski definition) is 4. The van der Waals surface area contributed by atoms with E-state index in [4.69, 9.17) is 0 Å². The zero-order valence-electron chi connectivity index (χ0n) is 5.76. The maximum atomic E-state index is 12.0. The average molecular weight is 161 g/mol. The van der Waals surface area contributed by atoms with Crippen molar-refractivity contribution in [3.05, 3.63) is 21.6 Å². The van der Waals surface area contributed by atoms with Crippen LogP contribution in [0, 0.1) is 10.1 Å². The van der Waals surface area contributed by atoms with Crippen molar-refractivity contribution in [3.63, 3.8) is 0 Å². The van der Waals surface area contributed by atoms with E-state index in [1.54, 1.807) is 0 Å². The topological polar surface area (TPSA) is 67.2 Å². The fraction of sp³-hybridized carbons (Fsp3) is 0.600. The molecule has 1 aliphatic heterocycles. The number of halogens is 1. The third kappa shape index (κ3) is 1.57. The molecule has 0 spiro atoms. The molecule has 11 heavy (non-hydrogen) atoms. The van der Waals surface area contributed by atoms with Gasteiger partial charge in [0.05, 0.1) is 4.92 Å². The Hall–Kier alpha value is -1.33. The van der Waals surface area contributed by atoms with Crippen molar-refractivity contribution in [1.82, 2.24) is 10.6 Å². The van der Waals surface area contributed by atoms with Crippen molar-refractivity contribution in [2.75, 3.05) is 19.8 Å². The van der Waals surface area contributed by atoms with Crippen molar-refractivity contribution >= 4 is 0 Å². The smallest absolute Gasteiger partial charge is 0.316 e. The van der Waals surface area contributed by atoms with Crippen LogP contribution >= 0.6 is 0 Å². The van der Waals surface area contributed by atoms with E-state index >= 15 is 0 Å². The van der Waals surface area contributed by atoms with Gasteiger partial charge in [-0.25, -0.2) is 4.39 Å². The molecule has 0 atom stereocenters. The monoisotopic (exact) mass is 161 g/mol. The van der Waals surface area contributed by atoms with Crippen molar-refractivity contribution in [2.24, 2.45) is 0 Å². The van der Waals surface area contributed by atoms with E-state index in [2.05, 4.69) is 10.6 Å². The molecule has 0 radical (unpaired) electrons. The lowest BCUT2D eigenvalue weighted by molar-refractivity contribution is -0.430. The molecule has 1 rings (SSSR count). The summed E-state index contributed by atoms with van der Waals surface area (Å²) in [5.41, 5.74) is -0.428. The van der Waals surface area contributed by atoms with Crippen molar-refractivity contribution < 1.29 is 9.31 Å². The second-order valence-corrected chi connectivity index (χ2v) is 2.07. The average Bonchev–Trinajstić information content (AvgIpc) is 2.40. The van der Waals surface area contributed by atoms with Gasteiger partial charge in [0.25, 0.3) is 0 Å². The van der Waals surface area contributed by atoms with Crippen LogP contribution in [0.2, 0.25) is 0 Å². The predicted octanol–water partition coefficient (Wildman–Crippen LogP) is -0.406. The molecule has 5 nitrogen and oxygen atoms in total. The summed E-state index contributed by atoms with van der Waals surface area (Å²) in [4.78, 5) is 9.42. The van der Waals surface area contributed by atoms with E-state index in [1.807, 2.05) is 0 Å². The largest absolute Gasteiger partial charge is 0.365 e. The third-order valence-electron chi connectivity index (χ3n) is 1.36. The van der Waals surface area contributed by atoms with Crippen LogP contribution in [-0.2, 0) is 0 Å². The number of alkyl halides is 1. The second kappa shape index (κ2) is 3.18. The summed E-state index contributed by atoms with van der Waals surface area (Å²) < 4.78 is 12.0. The molecule has 0 aromatic carbocycles. The van der Waals surface area contributed by atoms with E-state index in [0.717, 1.165) is 0 Å². The van der Waals surface area contributed by atoms with E-state index in [9.17, 15) is 14.5 Å². The fourth-order valence-corrected chi connectivity index (χ4v) is 0.848. The molecule has 1 aliphatic rings. The molecule has 0 amide bonds. The van der Waals surface area contributed by atoms with E-state index < -0.39 is 17.3 Å². The summed E-state index contributed by atoms with van der Waals surface area (Å²) in [5, 5.41) is 15.5. The number of nitro groups is 1. The summed E-state index contributed by atoms with van der Waals surface area (Å²) in [6.07, 6.45) is 0. The molecule has 0 bridgehead atoms. The number of allylic oxidation sites excluding steroid dienone is 1. The normalized spacial score (nSPS) is 15.5. The number of nitrogens with one attached hydrogen (secondary N) is 2. The Labute approximate surface area is 62.4 Å². The lowest BCUT2D eigenvalue weighted by atomic mass is 10.5. The van der Waals surface area contributed by atoms with Crippen molar-refractivity contribution in [3.8, 4) is 0 Å². The molecule has 0 saturated carbocycles. The first kappa shape index (κ1) is 7.77. The van der Waals surface area contributed by atoms with Gasteiger partial charge in [0.1, 0.15) is 0 Å². The van der Waals surface area contributed by atoms with Gasteiger partial charge in [-0.05, 0) is 0 Å². The zero-order valence-corrected chi connectivity index (χ0v) is 5.76. The minimum atomic E-state index is -1.05. The quantitative estimate of drug-likeness (QED) is 0.427. The van der Waals surface area contributed by atoms with Crippen molar-refractivity contribution in [2.45, 2.75) is 0 Å². The highest BCUT2D eigenvalue weighted by molar-refractivity contribution is 5.07. The molecule has 0 aromatic heterocycles. The Bertz CT molecular complexity index is 196. The summed E-state index contributed by atoms with van der Waals surface area (Å²) in [6.45, 7) is 0.154. The minimum absolute atomic E-state index is 0.206. The van der Waals surface area contributed by atoms with Gasteiger partial charge in [0.15, 0.2) is 12.5 Å². The molecule has 0 unspecified atom stereocenters. The Morgan fingerprint density at radius 1 is 1.64 bits per heavy atom. The zero-order chi connectivity index (χ0) is 8.27. The Balaban J connectivity index is 2.78. The van der Waals surface area contributed by atoms with E-state index in [0.29, 0.717) is 13.1 Å². The second-order valence-electron chi connectivity index (χ2n) is 2.07. The number of rotatable bonds is 2.